The van der Waals surface area contributed by atoms with E-state index in [0.29, 0.717) is 30.9 Å². The molecule has 3 rings (SSSR count). The Morgan fingerprint density at radius 3 is 2.81 bits per heavy atom. The third kappa shape index (κ3) is 7.72. The Kier molecular flexibility index (Phi) is 10.2. The molecule has 0 spiro atoms. The third-order valence-electron chi connectivity index (χ3n) is 7.23. The van der Waals surface area contributed by atoms with Crippen LogP contribution in [0, 0.1) is 23.7 Å². The van der Waals surface area contributed by atoms with Crippen LogP contribution in [0.4, 0.5) is 0 Å². The van der Waals surface area contributed by atoms with Gasteiger partial charge in [-0.05, 0) is 55.4 Å². The molecule has 0 bridgehead atoms. The monoisotopic (exact) mass is 443 g/mol. The van der Waals surface area contributed by atoms with Crippen LogP contribution in [0.1, 0.15) is 63.9 Å². The number of fused-ring (bicyclic) bond motifs is 1. The summed E-state index contributed by atoms with van der Waals surface area (Å²) in [5.74, 6) is 1.74. The van der Waals surface area contributed by atoms with Gasteiger partial charge in [-0.1, -0.05) is 68.7 Å². The predicted octanol–water partition coefficient (Wildman–Crippen LogP) is 4.23. The van der Waals surface area contributed by atoms with Gasteiger partial charge in [0.15, 0.2) is 0 Å². The van der Waals surface area contributed by atoms with Gasteiger partial charge in [-0.15, -0.1) is 0 Å². The summed E-state index contributed by atoms with van der Waals surface area (Å²) in [4.78, 5) is 12.0. The molecule has 2 fully saturated rings. The van der Waals surface area contributed by atoms with Crippen molar-refractivity contribution in [1.82, 2.24) is 5.32 Å². The van der Waals surface area contributed by atoms with Gasteiger partial charge in [0, 0.05) is 19.1 Å². The summed E-state index contributed by atoms with van der Waals surface area (Å²) in [6.07, 6.45) is 11.6. The highest BCUT2D eigenvalue weighted by atomic mass is 16.5. The van der Waals surface area contributed by atoms with E-state index < -0.39 is 6.10 Å². The second-order valence-electron chi connectivity index (χ2n) is 9.69. The summed E-state index contributed by atoms with van der Waals surface area (Å²) in [7, 11) is 0. The highest BCUT2D eigenvalue weighted by molar-refractivity contribution is 5.77. The Balaban J connectivity index is 1.32. The van der Waals surface area contributed by atoms with Crippen LogP contribution in [0.2, 0.25) is 0 Å². The van der Waals surface area contributed by atoms with Crippen LogP contribution in [0.5, 0.6) is 0 Å². The first-order valence-electron chi connectivity index (χ1n) is 12.5. The number of carbonyl (C=O) groups excluding carboxylic acids is 1. The zero-order chi connectivity index (χ0) is 22.8. The number of nitrogens with one attached hydrogen (secondary N) is 1. The summed E-state index contributed by atoms with van der Waals surface area (Å²) in [5, 5.41) is 23.6. The average Bonchev–Trinajstić information content (AvgIpc) is 3.31. The lowest BCUT2D eigenvalue weighted by molar-refractivity contribution is -0.126. The van der Waals surface area contributed by atoms with E-state index >= 15 is 0 Å². The minimum atomic E-state index is -0.397. The van der Waals surface area contributed by atoms with E-state index in [2.05, 4.69) is 18.3 Å². The zero-order valence-corrected chi connectivity index (χ0v) is 19.5. The highest BCUT2D eigenvalue weighted by Crippen LogP contribution is 2.51. The van der Waals surface area contributed by atoms with Crippen LogP contribution in [0.3, 0.4) is 0 Å². The van der Waals surface area contributed by atoms with Crippen LogP contribution >= 0.6 is 0 Å². The molecule has 178 valence electrons. The highest BCUT2D eigenvalue weighted by Gasteiger charge is 2.46. The Morgan fingerprint density at radius 2 is 2.03 bits per heavy atom. The maximum atomic E-state index is 12.0. The van der Waals surface area contributed by atoms with Gasteiger partial charge in [-0.25, -0.2) is 0 Å². The van der Waals surface area contributed by atoms with Gasteiger partial charge in [0.2, 0.25) is 5.91 Å². The summed E-state index contributed by atoms with van der Waals surface area (Å²) in [6, 6.07) is 9.87. The molecule has 0 aliphatic heterocycles. The number of carbonyl (C=O) groups is 1. The van der Waals surface area contributed by atoms with E-state index in [1.165, 1.54) is 0 Å². The van der Waals surface area contributed by atoms with Crippen molar-refractivity contribution >= 4 is 5.91 Å². The number of amides is 1. The van der Waals surface area contributed by atoms with Gasteiger partial charge >= 0.3 is 0 Å². The Labute approximate surface area is 193 Å². The quantitative estimate of drug-likeness (QED) is 0.315. The number of unbranched alkanes of at least 4 members (excludes halogenated alkanes) is 2. The normalized spacial score (nSPS) is 28.2. The van der Waals surface area contributed by atoms with Crippen molar-refractivity contribution in [3.05, 3.63) is 48.0 Å². The van der Waals surface area contributed by atoms with E-state index in [9.17, 15) is 15.0 Å². The minimum Gasteiger partial charge on any atom is -0.392 e. The number of hydrogen-bond donors (Lipinski definition) is 3. The Bertz CT molecular complexity index is 707. The lowest BCUT2D eigenvalue weighted by Gasteiger charge is -2.19. The summed E-state index contributed by atoms with van der Waals surface area (Å²) in [5.41, 5.74) is 1.08. The van der Waals surface area contributed by atoms with Crippen molar-refractivity contribution in [2.75, 3.05) is 13.2 Å². The van der Waals surface area contributed by atoms with Crippen LogP contribution in [0.25, 0.3) is 0 Å². The maximum Gasteiger partial charge on any atom is 0.246 e. The second kappa shape index (κ2) is 13.1. The molecule has 1 aromatic carbocycles. The first-order chi connectivity index (χ1) is 15.6. The number of ether oxygens (including phenoxy) is 1. The lowest BCUT2D eigenvalue weighted by atomic mass is 9.89. The number of rotatable bonds is 13. The van der Waals surface area contributed by atoms with E-state index in [1.807, 2.05) is 36.4 Å². The smallest absolute Gasteiger partial charge is 0.246 e. The SMILES string of the molecule is CCCCCC(O)C=C[C@@H]1[C@@H]2CC(CCOCC(=O)NCc3ccccc3)C[C@H]2C[C@H]1O. The molecule has 2 unspecified atom stereocenters. The third-order valence-corrected chi connectivity index (χ3v) is 7.23. The van der Waals surface area contributed by atoms with E-state index in [-0.39, 0.29) is 24.5 Å². The topological polar surface area (TPSA) is 78.8 Å². The lowest BCUT2D eigenvalue weighted by Crippen LogP contribution is -2.27. The predicted molar refractivity (Wildman–Crippen MR) is 127 cm³/mol. The molecule has 2 aliphatic rings. The molecule has 6 atom stereocenters. The largest absolute Gasteiger partial charge is 0.392 e. The zero-order valence-electron chi connectivity index (χ0n) is 19.5. The van der Waals surface area contributed by atoms with Crippen LogP contribution in [-0.2, 0) is 16.1 Å². The van der Waals surface area contributed by atoms with E-state index in [0.717, 1.165) is 56.9 Å². The molecule has 3 N–H and O–H groups in total. The molecule has 0 heterocycles. The number of hydrogen-bond acceptors (Lipinski definition) is 4. The Hall–Kier alpha value is -1.69. The Morgan fingerprint density at radius 1 is 1.22 bits per heavy atom. The van der Waals surface area contributed by atoms with Crippen molar-refractivity contribution in [3.8, 4) is 0 Å². The molecule has 0 aromatic heterocycles. The van der Waals surface area contributed by atoms with E-state index in [1.54, 1.807) is 0 Å². The molecular formula is C27H41NO4. The maximum absolute atomic E-state index is 12.0. The van der Waals surface area contributed by atoms with E-state index in [4.69, 9.17) is 4.74 Å². The fourth-order valence-electron chi connectivity index (χ4n) is 5.50. The van der Waals surface area contributed by atoms with Crippen molar-refractivity contribution in [2.45, 2.75) is 77.0 Å². The van der Waals surface area contributed by atoms with Gasteiger partial charge in [0.1, 0.15) is 6.61 Å². The number of aliphatic hydroxyl groups is 2. The molecule has 5 heteroatoms. The van der Waals surface area contributed by atoms with Crippen LogP contribution in [0.15, 0.2) is 42.5 Å². The minimum absolute atomic E-state index is 0.0806. The fraction of sp³-hybridized carbons (Fsp3) is 0.667. The second-order valence-corrected chi connectivity index (χ2v) is 9.69. The van der Waals surface area contributed by atoms with Crippen molar-refractivity contribution in [3.63, 3.8) is 0 Å². The molecule has 0 saturated heterocycles. The first kappa shape index (κ1) is 24.9. The van der Waals surface area contributed by atoms with Gasteiger partial charge in [-0.3, -0.25) is 4.79 Å². The fourth-order valence-corrected chi connectivity index (χ4v) is 5.50. The molecule has 32 heavy (non-hydrogen) atoms. The molecule has 0 radical (unpaired) electrons. The van der Waals surface area contributed by atoms with Gasteiger partial charge in [0.05, 0.1) is 12.2 Å². The summed E-state index contributed by atoms with van der Waals surface area (Å²) in [6.45, 7) is 3.40. The number of benzene rings is 1. The van der Waals surface area contributed by atoms with Gasteiger partial charge in [-0.2, -0.15) is 0 Å². The summed E-state index contributed by atoms with van der Waals surface area (Å²) < 4.78 is 5.63. The first-order valence-corrected chi connectivity index (χ1v) is 12.5. The number of aliphatic hydroxyl groups excluding tert-OH is 2. The summed E-state index contributed by atoms with van der Waals surface area (Å²) >= 11 is 0. The molecule has 1 amide bonds. The molecule has 2 aliphatic carbocycles. The van der Waals surface area contributed by atoms with Crippen LogP contribution in [-0.4, -0.2) is 41.5 Å². The van der Waals surface area contributed by atoms with Crippen molar-refractivity contribution in [2.24, 2.45) is 23.7 Å². The van der Waals surface area contributed by atoms with Gasteiger partial charge in [0.25, 0.3) is 0 Å². The molecule has 5 nitrogen and oxygen atoms in total. The van der Waals surface area contributed by atoms with Crippen molar-refractivity contribution in [1.29, 1.82) is 0 Å². The average molecular weight is 444 g/mol. The molecule has 1 aromatic rings. The van der Waals surface area contributed by atoms with Crippen molar-refractivity contribution < 1.29 is 19.7 Å². The standard InChI is InChI=1S/C27H41NO4/c1-2-3-5-10-23(29)11-12-24-25-16-21(15-22(25)17-26(24)30)13-14-32-19-27(31)28-18-20-8-6-4-7-9-20/h4,6-9,11-12,21-26,29-30H,2-3,5,10,13-19H2,1H3,(H,28,31)/t21?,22-,23?,24+,25+,26+/m0/s1. The molecular weight excluding hydrogens is 402 g/mol. The molecule has 2 saturated carbocycles. The van der Waals surface area contributed by atoms with Gasteiger partial charge < -0.3 is 20.3 Å². The van der Waals surface area contributed by atoms with Crippen LogP contribution < -0.4 is 5.32 Å².